The largest absolute Gasteiger partial charge is 0.444 e. The first kappa shape index (κ1) is 21.9. The van der Waals surface area contributed by atoms with E-state index in [0.717, 1.165) is 0 Å². The first-order valence-corrected chi connectivity index (χ1v) is 10.7. The third kappa shape index (κ3) is 5.31. The molecule has 4 heterocycles. The topological polar surface area (TPSA) is 136 Å². The predicted octanol–water partition coefficient (Wildman–Crippen LogP) is 0.805. The second-order valence-corrected chi connectivity index (χ2v) is 8.64. The number of hydrogen-bond acceptors (Lipinski definition) is 11. The number of piperazine rings is 1. The average Bonchev–Trinajstić information content (AvgIpc) is 2.79. The van der Waals surface area contributed by atoms with E-state index in [0.29, 0.717) is 75.8 Å². The Bertz CT molecular complexity index is 934. The van der Waals surface area contributed by atoms with Crippen LogP contribution in [-0.4, -0.2) is 94.0 Å². The summed E-state index contributed by atoms with van der Waals surface area (Å²) >= 11 is 0. The molecule has 172 valence electrons. The molecule has 0 radical (unpaired) electrons. The van der Waals surface area contributed by atoms with Crippen LogP contribution in [-0.2, 0) is 9.47 Å². The van der Waals surface area contributed by atoms with Gasteiger partial charge in [-0.3, -0.25) is 0 Å². The number of hydrogen-bond donors (Lipinski definition) is 1. The molecule has 0 bridgehead atoms. The van der Waals surface area contributed by atoms with Crippen molar-refractivity contribution in [3.63, 3.8) is 0 Å². The Kier molecular flexibility index (Phi) is 6.21. The Hall–Kier alpha value is -3.28. The number of anilines is 3. The van der Waals surface area contributed by atoms with Crippen molar-refractivity contribution in [2.75, 3.05) is 68.0 Å². The summed E-state index contributed by atoms with van der Waals surface area (Å²) < 4.78 is 10.9. The number of ether oxygens (including phenoxy) is 2. The molecule has 2 aromatic rings. The van der Waals surface area contributed by atoms with E-state index in [1.54, 1.807) is 17.3 Å². The first-order valence-electron chi connectivity index (χ1n) is 10.7. The van der Waals surface area contributed by atoms with Gasteiger partial charge >= 0.3 is 6.09 Å². The summed E-state index contributed by atoms with van der Waals surface area (Å²) in [6.07, 6.45) is 2.90. The summed E-state index contributed by atoms with van der Waals surface area (Å²) in [5.41, 5.74) is 5.76. The Morgan fingerprint density at radius 3 is 2.06 bits per heavy atom. The lowest BCUT2D eigenvalue weighted by molar-refractivity contribution is 0.0240. The van der Waals surface area contributed by atoms with E-state index < -0.39 is 5.60 Å². The van der Waals surface area contributed by atoms with Gasteiger partial charge in [-0.2, -0.15) is 15.0 Å². The highest BCUT2D eigenvalue weighted by Crippen LogP contribution is 2.23. The molecule has 0 unspecified atom stereocenters. The fourth-order valence-corrected chi connectivity index (χ4v) is 3.40. The first-order chi connectivity index (χ1) is 15.3. The molecule has 1 amide bonds. The van der Waals surface area contributed by atoms with Crippen LogP contribution in [0.5, 0.6) is 0 Å². The number of nitrogens with two attached hydrogens (primary N) is 1. The van der Waals surface area contributed by atoms with Crippen LogP contribution in [0, 0.1) is 0 Å². The smallest absolute Gasteiger partial charge is 0.410 e. The summed E-state index contributed by atoms with van der Waals surface area (Å²) in [5, 5.41) is 0. The lowest BCUT2D eigenvalue weighted by Crippen LogP contribution is -2.50. The molecule has 0 spiro atoms. The van der Waals surface area contributed by atoms with Crippen molar-refractivity contribution in [3.8, 4) is 11.4 Å². The Balaban J connectivity index is 1.55. The molecule has 2 N–H and O–H groups in total. The number of nitrogen functional groups attached to an aromatic ring is 1. The summed E-state index contributed by atoms with van der Waals surface area (Å²) in [6.45, 7) is 10.5. The maximum absolute atomic E-state index is 12.4. The Labute approximate surface area is 186 Å². The van der Waals surface area contributed by atoms with Crippen LogP contribution in [0.4, 0.5) is 22.6 Å². The minimum atomic E-state index is -0.522. The minimum Gasteiger partial charge on any atom is -0.444 e. The van der Waals surface area contributed by atoms with Gasteiger partial charge in [0.25, 0.3) is 0 Å². The number of aromatic nitrogens is 5. The molecular formula is C20H29N9O3. The zero-order chi connectivity index (χ0) is 22.7. The number of rotatable bonds is 3. The molecule has 0 saturated carbocycles. The summed E-state index contributed by atoms with van der Waals surface area (Å²) in [4.78, 5) is 40.4. The number of amides is 1. The van der Waals surface area contributed by atoms with Crippen molar-refractivity contribution >= 4 is 23.9 Å². The van der Waals surface area contributed by atoms with Gasteiger partial charge in [0.15, 0.2) is 5.82 Å². The predicted molar refractivity (Wildman–Crippen MR) is 118 cm³/mol. The molecule has 4 rings (SSSR count). The maximum Gasteiger partial charge on any atom is 0.410 e. The standard InChI is InChI=1S/C20H29N9O3/c1-20(2,3)32-19(30)29-6-4-27(5-7-29)17-24-15(14-12-22-16(21)23-13-14)25-18(26-17)28-8-10-31-11-9-28/h12-13H,4-11H2,1-3H3,(H2,21,22,23). The van der Waals surface area contributed by atoms with E-state index in [2.05, 4.69) is 24.8 Å². The van der Waals surface area contributed by atoms with E-state index in [1.165, 1.54) is 0 Å². The third-order valence-electron chi connectivity index (χ3n) is 5.05. The minimum absolute atomic E-state index is 0.190. The van der Waals surface area contributed by atoms with Crippen molar-refractivity contribution in [2.24, 2.45) is 0 Å². The van der Waals surface area contributed by atoms with Crippen LogP contribution in [0.2, 0.25) is 0 Å². The number of nitrogens with zero attached hydrogens (tertiary/aromatic N) is 8. The fourth-order valence-electron chi connectivity index (χ4n) is 3.40. The van der Waals surface area contributed by atoms with Crippen molar-refractivity contribution in [3.05, 3.63) is 12.4 Å². The zero-order valence-electron chi connectivity index (χ0n) is 18.7. The molecule has 2 fully saturated rings. The SMILES string of the molecule is CC(C)(C)OC(=O)N1CCN(c2nc(-c3cnc(N)nc3)nc(N3CCOCC3)n2)CC1. The molecule has 0 aromatic carbocycles. The lowest BCUT2D eigenvalue weighted by atomic mass is 10.2. The number of carbonyl (C=O) groups is 1. The third-order valence-corrected chi connectivity index (χ3v) is 5.05. The molecule has 0 aliphatic carbocycles. The molecular weight excluding hydrogens is 414 g/mol. The summed E-state index contributed by atoms with van der Waals surface area (Å²) in [5.74, 6) is 1.80. The van der Waals surface area contributed by atoms with Gasteiger partial charge in [0.2, 0.25) is 17.8 Å². The van der Waals surface area contributed by atoms with Gasteiger partial charge in [-0.15, -0.1) is 0 Å². The Morgan fingerprint density at radius 2 is 1.50 bits per heavy atom. The highest BCUT2D eigenvalue weighted by atomic mass is 16.6. The highest BCUT2D eigenvalue weighted by molar-refractivity contribution is 5.68. The molecule has 0 atom stereocenters. The summed E-state index contributed by atoms with van der Waals surface area (Å²) in [7, 11) is 0. The van der Waals surface area contributed by atoms with Gasteiger partial charge in [0.05, 0.1) is 18.8 Å². The molecule has 32 heavy (non-hydrogen) atoms. The van der Waals surface area contributed by atoms with E-state index in [9.17, 15) is 4.79 Å². The van der Waals surface area contributed by atoms with E-state index in [1.807, 2.05) is 25.7 Å². The second-order valence-electron chi connectivity index (χ2n) is 8.64. The molecule has 2 aliphatic rings. The van der Waals surface area contributed by atoms with Crippen LogP contribution in [0.25, 0.3) is 11.4 Å². The lowest BCUT2D eigenvalue weighted by Gasteiger charge is -2.36. The van der Waals surface area contributed by atoms with Gasteiger partial charge in [-0.05, 0) is 20.8 Å². The number of carbonyl (C=O) groups excluding carboxylic acids is 1. The molecule has 12 nitrogen and oxygen atoms in total. The van der Waals surface area contributed by atoms with Crippen LogP contribution < -0.4 is 15.5 Å². The monoisotopic (exact) mass is 443 g/mol. The number of morpholine rings is 1. The highest BCUT2D eigenvalue weighted by Gasteiger charge is 2.28. The van der Waals surface area contributed by atoms with Gasteiger partial charge < -0.3 is 29.9 Å². The molecule has 2 saturated heterocycles. The van der Waals surface area contributed by atoms with Gasteiger partial charge in [-0.25, -0.2) is 14.8 Å². The second kappa shape index (κ2) is 9.07. The molecule has 12 heteroatoms. The van der Waals surface area contributed by atoms with Gasteiger partial charge in [0, 0.05) is 51.7 Å². The molecule has 2 aromatic heterocycles. The van der Waals surface area contributed by atoms with E-state index >= 15 is 0 Å². The van der Waals surface area contributed by atoms with E-state index in [-0.39, 0.29) is 12.0 Å². The fraction of sp³-hybridized carbons (Fsp3) is 0.600. The quantitative estimate of drug-likeness (QED) is 0.721. The van der Waals surface area contributed by atoms with Crippen LogP contribution in [0.1, 0.15) is 20.8 Å². The van der Waals surface area contributed by atoms with Crippen LogP contribution >= 0.6 is 0 Å². The molecule has 2 aliphatic heterocycles. The summed E-state index contributed by atoms with van der Waals surface area (Å²) in [6, 6.07) is 0. The van der Waals surface area contributed by atoms with Gasteiger partial charge in [0.1, 0.15) is 5.60 Å². The van der Waals surface area contributed by atoms with Crippen molar-refractivity contribution < 1.29 is 14.3 Å². The normalized spacial score (nSPS) is 17.4. The maximum atomic E-state index is 12.4. The van der Waals surface area contributed by atoms with Crippen molar-refractivity contribution in [1.82, 2.24) is 29.8 Å². The van der Waals surface area contributed by atoms with Crippen LogP contribution in [0.3, 0.4) is 0 Å². The van der Waals surface area contributed by atoms with E-state index in [4.69, 9.17) is 20.2 Å². The van der Waals surface area contributed by atoms with Crippen molar-refractivity contribution in [2.45, 2.75) is 26.4 Å². The Morgan fingerprint density at radius 1 is 0.938 bits per heavy atom. The van der Waals surface area contributed by atoms with Gasteiger partial charge in [-0.1, -0.05) is 0 Å². The van der Waals surface area contributed by atoms with Crippen molar-refractivity contribution in [1.29, 1.82) is 0 Å². The average molecular weight is 444 g/mol. The zero-order valence-corrected chi connectivity index (χ0v) is 18.7. The van der Waals surface area contributed by atoms with Crippen LogP contribution in [0.15, 0.2) is 12.4 Å².